The van der Waals surface area contributed by atoms with Gasteiger partial charge in [-0.1, -0.05) is 24.3 Å². The molecule has 0 bridgehead atoms. The number of anilines is 1. The summed E-state index contributed by atoms with van der Waals surface area (Å²) < 4.78 is 11.7. The Bertz CT molecular complexity index is 867. The van der Waals surface area contributed by atoms with Gasteiger partial charge in [-0.2, -0.15) is 0 Å². The Hall–Kier alpha value is -2.07. The van der Waals surface area contributed by atoms with E-state index in [1.807, 2.05) is 24.4 Å². The summed E-state index contributed by atoms with van der Waals surface area (Å²) in [7, 11) is 1.77. The van der Waals surface area contributed by atoms with Gasteiger partial charge in [0.25, 0.3) is 0 Å². The minimum absolute atomic E-state index is 0. The molecule has 1 aromatic heterocycles. The Morgan fingerprint density at radius 3 is 2.59 bits per heavy atom. The van der Waals surface area contributed by atoms with Crippen molar-refractivity contribution in [3.05, 3.63) is 53.7 Å². The number of ether oxygens (including phenoxy) is 2. The Morgan fingerprint density at radius 1 is 1.19 bits per heavy atom. The predicted octanol–water partition coefficient (Wildman–Crippen LogP) is 3.97. The molecule has 1 aliphatic rings. The molecule has 2 heterocycles. The second-order valence-electron chi connectivity index (χ2n) is 8.75. The van der Waals surface area contributed by atoms with Crippen molar-refractivity contribution in [3.8, 4) is 5.75 Å². The highest BCUT2D eigenvalue weighted by atomic mass is 127. The summed E-state index contributed by atoms with van der Waals surface area (Å²) in [6, 6.07) is 12.3. The number of guanidine groups is 1. The van der Waals surface area contributed by atoms with Gasteiger partial charge in [-0.05, 0) is 45.4 Å². The van der Waals surface area contributed by atoms with Crippen LogP contribution in [0.2, 0.25) is 0 Å². The summed E-state index contributed by atoms with van der Waals surface area (Å²) in [4.78, 5) is 11.2. The maximum Gasteiger partial charge on any atom is 0.191 e. The van der Waals surface area contributed by atoms with Crippen molar-refractivity contribution in [1.82, 2.24) is 15.6 Å². The minimum atomic E-state index is -0.242. The first kappa shape index (κ1) is 26.2. The number of halogens is 1. The van der Waals surface area contributed by atoms with Gasteiger partial charge in [0.05, 0.1) is 12.7 Å². The molecule has 0 aliphatic carbocycles. The van der Waals surface area contributed by atoms with Crippen LogP contribution in [0.4, 0.5) is 5.82 Å². The first-order valence-corrected chi connectivity index (χ1v) is 10.9. The van der Waals surface area contributed by atoms with Crippen molar-refractivity contribution in [1.29, 1.82) is 0 Å². The van der Waals surface area contributed by atoms with E-state index >= 15 is 0 Å². The number of benzene rings is 1. The fourth-order valence-electron chi connectivity index (χ4n) is 3.40. The number of rotatable bonds is 6. The van der Waals surface area contributed by atoms with E-state index in [-0.39, 0.29) is 35.7 Å². The van der Waals surface area contributed by atoms with Crippen LogP contribution >= 0.6 is 24.0 Å². The van der Waals surface area contributed by atoms with Gasteiger partial charge >= 0.3 is 0 Å². The van der Waals surface area contributed by atoms with E-state index in [2.05, 4.69) is 71.4 Å². The number of aromatic nitrogens is 1. The molecule has 176 valence electrons. The zero-order valence-electron chi connectivity index (χ0n) is 19.7. The topological polar surface area (TPSA) is 71.0 Å². The normalized spacial score (nSPS) is 16.8. The molecule has 1 aromatic carbocycles. The van der Waals surface area contributed by atoms with Crippen LogP contribution < -0.4 is 20.3 Å². The zero-order chi connectivity index (χ0) is 22.3. The third-order valence-electron chi connectivity index (χ3n) is 4.89. The second-order valence-corrected chi connectivity index (χ2v) is 8.75. The number of pyridine rings is 1. The lowest BCUT2D eigenvalue weighted by Crippen LogP contribution is -2.41. The van der Waals surface area contributed by atoms with Crippen molar-refractivity contribution in [2.75, 3.05) is 31.6 Å². The molecule has 8 heteroatoms. The van der Waals surface area contributed by atoms with Crippen molar-refractivity contribution < 1.29 is 9.47 Å². The van der Waals surface area contributed by atoms with E-state index in [1.54, 1.807) is 7.05 Å². The summed E-state index contributed by atoms with van der Waals surface area (Å²) in [5.74, 6) is 2.61. The van der Waals surface area contributed by atoms with Crippen LogP contribution in [0.15, 0.2) is 47.6 Å². The molecule has 2 aromatic rings. The van der Waals surface area contributed by atoms with E-state index in [0.717, 1.165) is 48.4 Å². The molecule has 0 saturated carbocycles. The van der Waals surface area contributed by atoms with E-state index in [1.165, 1.54) is 0 Å². The summed E-state index contributed by atoms with van der Waals surface area (Å²) in [6.45, 7) is 12.0. The number of morpholine rings is 1. The third-order valence-corrected chi connectivity index (χ3v) is 4.89. The Kier molecular flexibility index (Phi) is 10.0. The van der Waals surface area contributed by atoms with Gasteiger partial charge in [0.1, 0.15) is 17.2 Å². The number of aliphatic imine (C=N–C) groups is 1. The van der Waals surface area contributed by atoms with Crippen molar-refractivity contribution in [3.63, 3.8) is 0 Å². The minimum Gasteiger partial charge on any atom is -0.488 e. The molecule has 0 amide bonds. The molecule has 2 N–H and O–H groups in total. The summed E-state index contributed by atoms with van der Waals surface area (Å²) >= 11 is 0. The van der Waals surface area contributed by atoms with Crippen LogP contribution in [0.1, 0.15) is 38.8 Å². The molecule has 1 aliphatic heterocycles. The van der Waals surface area contributed by atoms with Crippen LogP contribution in [0.5, 0.6) is 5.75 Å². The van der Waals surface area contributed by atoms with Gasteiger partial charge in [-0.3, -0.25) is 4.99 Å². The zero-order valence-corrected chi connectivity index (χ0v) is 22.1. The molecule has 1 unspecified atom stereocenters. The lowest BCUT2D eigenvalue weighted by molar-refractivity contribution is 0.0529. The van der Waals surface area contributed by atoms with Crippen molar-refractivity contribution in [2.45, 2.75) is 52.5 Å². The second kappa shape index (κ2) is 12.2. The molecule has 0 radical (unpaired) electrons. The third kappa shape index (κ3) is 8.12. The standard InChI is InChI=1S/C24H35N5O2.HI/c1-18-17-29(12-13-30-18)22-11-10-19(14-26-22)15-27-23(25-5)28-16-20-8-6-7-9-21(20)31-24(2,3)4;/h6-11,14,18H,12-13,15-17H2,1-5H3,(H2,25,27,28);1H. The lowest BCUT2D eigenvalue weighted by atomic mass is 10.1. The average molecular weight is 553 g/mol. The highest BCUT2D eigenvalue weighted by molar-refractivity contribution is 14.0. The van der Waals surface area contributed by atoms with Crippen LogP contribution in [0.25, 0.3) is 0 Å². The highest BCUT2D eigenvalue weighted by Crippen LogP contribution is 2.22. The van der Waals surface area contributed by atoms with Gasteiger partial charge in [0, 0.05) is 45.0 Å². The van der Waals surface area contributed by atoms with Gasteiger partial charge < -0.3 is 25.0 Å². The van der Waals surface area contributed by atoms with Gasteiger partial charge in [0.2, 0.25) is 0 Å². The quantitative estimate of drug-likeness (QED) is 0.321. The van der Waals surface area contributed by atoms with Gasteiger partial charge in [-0.25, -0.2) is 4.98 Å². The number of hydrogen-bond acceptors (Lipinski definition) is 5. The Balaban J connectivity index is 0.00000363. The van der Waals surface area contributed by atoms with E-state index < -0.39 is 0 Å². The molecule has 1 atom stereocenters. The highest BCUT2D eigenvalue weighted by Gasteiger charge is 2.18. The van der Waals surface area contributed by atoms with E-state index in [4.69, 9.17) is 9.47 Å². The molecular weight excluding hydrogens is 517 g/mol. The average Bonchev–Trinajstić information content (AvgIpc) is 2.74. The van der Waals surface area contributed by atoms with Gasteiger partial charge in [0.15, 0.2) is 5.96 Å². The maximum atomic E-state index is 6.08. The first-order chi connectivity index (χ1) is 14.8. The predicted molar refractivity (Wildman–Crippen MR) is 141 cm³/mol. The largest absolute Gasteiger partial charge is 0.488 e. The van der Waals surface area contributed by atoms with E-state index in [0.29, 0.717) is 13.1 Å². The SMILES string of the molecule is CN=C(NCc1ccc(N2CCOC(C)C2)nc1)NCc1ccccc1OC(C)(C)C.I. The first-order valence-electron chi connectivity index (χ1n) is 10.9. The summed E-state index contributed by atoms with van der Waals surface area (Å²) in [6.07, 6.45) is 2.16. The van der Waals surface area contributed by atoms with Crippen LogP contribution in [0, 0.1) is 0 Å². The van der Waals surface area contributed by atoms with Crippen molar-refractivity contribution >= 4 is 35.8 Å². The Morgan fingerprint density at radius 2 is 1.94 bits per heavy atom. The smallest absolute Gasteiger partial charge is 0.191 e. The molecule has 3 rings (SSSR count). The number of nitrogens with zero attached hydrogens (tertiary/aromatic N) is 3. The fourth-order valence-corrected chi connectivity index (χ4v) is 3.40. The fraction of sp³-hybridized carbons (Fsp3) is 0.500. The van der Waals surface area contributed by atoms with Gasteiger partial charge in [-0.15, -0.1) is 24.0 Å². The van der Waals surface area contributed by atoms with Crippen LogP contribution in [-0.4, -0.2) is 49.4 Å². The number of nitrogens with one attached hydrogen (secondary N) is 2. The Labute approximate surface area is 209 Å². The van der Waals surface area contributed by atoms with E-state index in [9.17, 15) is 0 Å². The monoisotopic (exact) mass is 553 g/mol. The molecule has 32 heavy (non-hydrogen) atoms. The summed E-state index contributed by atoms with van der Waals surface area (Å²) in [5.41, 5.74) is 1.95. The molecule has 0 spiro atoms. The number of hydrogen-bond donors (Lipinski definition) is 2. The van der Waals surface area contributed by atoms with Crippen LogP contribution in [0.3, 0.4) is 0 Å². The molecule has 7 nitrogen and oxygen atoms in total. The van der Waals surface area contributed by atoms with Crippen molar-refractivity contribution in [2.24, 2.45) is 4.99 Å². The van der Waals surface area contributed by atoms with Crippen LogP contribution in [-0.2, 0) is 17.8 Å². The maximum absolute atomic E-state index is 6.08. The molecule has 1 fully saturated rings. The summed E-state index contributed by atoms with van der Waals surface area (Å²) in [5, 5.41) is 6.72. The molecule has 1 saturated heterocycles. The lowest BCUT2D eigenvalue weighted by Gasteiger charge is -2.32. The molecular formula is C24H36IN5O2. The number of para-hydroxylation sites is 1.